The van der Waals surface area contributed by atoms with Crippen LogP contribution in [0.2, 0.25) is 0 Å². The second-order valence-corrected chi connectivity index (χ2v) is 4.04. The van der Waals surface area contributed by atoms with Gasteiger partial charge in [-0.2, -0.15) is 0 Å². The van der Waals surface area contributed by atoms with E-state index in [0.717, 1.165) is 0 Å². The van der Waals surface area contributed by atoms with Gasteiger partial charge in [0, 0.05) is 63.1 Å². The molecule has 0 amide bonds. The van der Waals surface area contributed by atoms with Crippen LogP contribution >= 0.6 is 0 Å². The average molecular weight is 287 g/mol. The van der Waals surface area contributed by atoms with Gasteiger partial charge in [0.1, 0.15) is 0 Å². The molecule has 0 bridgehead atoms. The molecule has 0 saturated heterocycles. The Morgan fingerprint density at radius 1 is 1.63 bits per heavy atom. The summed E-state index contributed by atoms with van der Waals surface area (Å²) in [5.74, 6) is 2.33. The summed E-state index contributed by atoms with van der Waals surface area (Å²) in [7, 11) is 0. The van der Waals surface area contributed by atoms with Crippen LogP contribution < -0.4 is 11.2 Å². The zero-order valence-corrected chi connectivity index (χ0v) is 13.8. The fraction of sp³-hybridized carbons (Fsp3) is 0.333. The van der Waals surface area contributed by atoms with Crippen LogP contribution in [0.15, 0.2) is 27.9 Å². The van der Waals surface area contributed by atoms with E-state index in [4.69, 9.17) is 11.2 Å². The van der Waals surface area contributed by atoms with Gasteiger partial charge in [0.2, 0.25) is 0 Å². The van der Waals surface area contributed by atoms with E-state index in [1.807, 2.05) is 0 Å². The minimum absolute atomic E-state index is 0. The Morgan fingerprint density at radius 2 is 2.32 bits per heavy atom. The average Bonchev–Trinajstić information content (AvgIpc) is 2.79. The SMILES string of the molecule is C#C[C@@]1(CO)C=C[C@H](n2cc(C)c(=O)[nH]c2=O)O1.[K]. The maximum atomic E-state index is 11.6. The first-order chi connectivity index (χ1) is 8.51. The molecule has 2 rings (SSSR count). The van der Waals surface area contributed by atoms with Crippen molar-refractivity contribution in [1.82, 2.24) is 9.55 Å². The standard InChI is InChI=1S/C12H12N2O4.K/c1-3-12(7-15)5-4-9(18-12)14-6-8(2)10(16)13-11(14)17;/h1,4-6,9,15H,7H2,2H3,(H,13,16,17);/t9-,12+;/m1./s1. The number of aliphatic hydroxyl groups excluding tert-OH is 1. The zero-order chi connectivity index (χ0) is 13.3. The number of nitrogens with zero attached hydrogens (tertiary/aromatic N) is 1. The van der Waals surface area contributed by atoms with Gasteiger partial charge in [0.25, 0.3) is 5.56 Å². The quantitative estimate of drug-likeness (QED) is 0.411. The molecule has 6 nitrogen and oxygen atoms in total. The number of hydrogen-bond acceptors (Lipinski definition) is 4. The molecule has 95 valence electrons. The van der Waals surface area contributed by atoms with Crippen LogP contribution in [0.3, 0.4) is 0 Å². The van der Waals surface area contributed by atoms with Crippen molar-refractivity contribution in [2.75, 3.05) is 6.61 Å². The topological polar surface area (TPSA) is 84.3 Å². The molecular formula is C12H12KN2O4. The van der Waals surface area contributed by atoms with E-state index < -0.39 is 23.1 Å². The minimum atomic E-state index is -1.21. The molecule has 0 fully saturated rings. The molecule has 0 unspecified atom stereocenters. The predicted molar refractivity (Wildman–Crippen MR) is 69.7 cm³/mol. The Bertz CT molecular complexity index is 655. The third-order valence-corrected chi connectivity index (χ3v) is 2.76. The number of aryl methyl sites for hydroxylation is 1. The van der Waals surface area contributed by atoms with E-state index in [1.165, 1.54) is 16.8 Å². The van der Waals surface area contributed by atoms with E-state index in [2.05, 4.69) is 10.9 Å². The molecule has 0 aliphatic carbocycles. The molecule has 7 heteroatoms. The Balaban J connectivity index is 0.00000180. The largest absolute Gasteiger partial charge is 0.392 e. The van der Waals surface area contributed by atoms with Crippen molar-refractivity contribution < 1.29 is 9.84 Å². The van der Waals surface area contributed by atoms with Crippen molar-refractivity contribution in [2.45, 2.75) is 18.8 Å². The van der Waals surface area contributed by atoms with Crippen molar-refractivity contribution in [3.05, 3.63) is 44.8 Å². The van der Waals surface area contributed by atoms with Gasteiger partial charge in [-0.15, -0.1) is 6.42 Å². The summed E-state index contributed by atoms with van der Waals surface area (Å²) in [6.07, 6.45) is 9.01. The van der Waals surface area contributed by atoms with Gasteiger partial charge in [-0.25, -0.2) is 4.79 Å². The van der Waals surface area contributed by atoms with Gasteiger partial charge >= 0.3 is 5.69 Å². The Labute approximate surface area is 151 Å². The number of H-pyrrole nitrogens is 1. The van der Waals surface area contributed by atoms with Crippen LogP contribution in [0.1, 0.15) is 11.8 Å². The summed E-state index contributed by atoms with van der Waals surface area (Å²) in [5, 5.41) is 9.19. The monoisotopic (exact) mass is 287 g/mol. The van der Waals surface area contributed by atoms with Gasteiger partial charge in [-0.05, 0) is 19.1 Å². The summed E-state index contributed by atoms with van der Waals surface area (Å²) in [6, 6.07) is 0. The number of rotatable bonds is 2. The first-order valence-corrected chi connectivity index (χ1v) is 5.29. The van der Waals surface area contributed by atoms with Gasteiger partial charge in [0.15, 0.2) is 11.8 Å². The zero-order valence-electron chi connectivity index (χ0n) is 10.7. The van der Waals surface area contributed by atoms with Crippen LogP contribution in [0.4, 0.5) is 0 Å². The molecule has 1 aliphatic rings. The molecule has 2 N–H and O–H groups in total. The number of ether oxygens (including phenoxy) is 1. The molecule has 2 atom stereocenters. The first kappa shape index (κ1) is 16.6. The van der Waals surface area contributed by atoms with Crippen molar-refractivity contribution in [3.8, 4) is 12.3 Å². The minimum Gasteiger partial charge on any atom is -0.392 e. The molecule has 0 saturated carbocycles. The summed E-state index contributed by atoms with van der Waals surface area (Å²) in [4.78, 5) is 25.1. The summed E-state index contributed by atoms with van der Waals surface area (Å²) < 4.78 is 6.66. The molecule has 1 radical (unpaired) electrons. The van der Waals surface area contributed by atoms with E-state index in [1.54, 1.807) is 13.0 Å². The van der Waals surface area contributed by atoms with Gasteiger partial charge in [-0.3, -0.25) is 14.3 Å². The van der Waals surface area contributed by atoms with E-state index in [0.29, 0.717) is 5.56 Å². The molecule has 1 aromatic heterocycles. The number of aromatic nitrogens is 2. The van der Waals surface area contributed by atoms with Crippen LogP contribution in [0, 0.1) is 19.3 Å². The van der Waals surface area contributed by atoms with Crippen molar-refractivity contribution in [1.29, 1.82) is 0 Å². The predicted octanol–water partition coefficient (Wildman–Crippen LogP) is -1.09. The van der Waals surface area contributed by atoms with Crippen LogP contribution in [0.25, 0.3) is 0 Å². The fourth-order valence-corrected chi connectivity index (χ4v) is 1.67. The summed E-state index contributed by atoms with van der Waals surface area (Å²) in [6.45, 7) is 1.20. The second-order valence-electron chi connectivity index (χ2n) is 4.04. The van der Waals surface area contributed by atoms with Crippen LogP contribution in [-0.2, 0) is 4.74 Å². The third-order valence-electron chi connectivity index (χ3n) is 2.76. The maximum Gasteiger partial charge on any atom is 0.330 e. The van der Waals surface area contributed by atoms with Crippen molar-refractivity contribution in [3.63, 3.8) is 0 Å². The third kappa shape index (κ3) is 3.17. The van der Waals surface area contributed by atoms with Crippen molar-refractivity contribution >= 4 is 51.4 Å². The normalized spacial score (nSPS) is 24.8. The number of aromatic amines is 1. The second kappa shape index (κ2) is 6.32. The smallest absolute Gasteiger partial charge is 0.330 e. The molecule has 0 spiro atoms. The van der Waals surface area contributed by atoms with Gasteiger partial charge < -0.3 is 9.84 Å². The number of hydrogen-bond donors (Lipinski definition) is 2. The summed E-state index contributed by atoms with van der Waals surface area (Å²) in [5.41, 5.74) is -1.86. The summed E-state index contributed by atoms with van der Waals surface area (Å²) >= 11 is 0. The Morgan fingerprint density at radius 3 is 2.84 bits per heavy atom. The van der Waals surface area contributed by atoms with Crippen LogP contribution in [0.5, 0.6) is 0 Å². The molecule has 19 heavy (non-hydrogen) atoms. The number of aliphatic hydroxyl groups is 1. The Hall–Kier alpha value is -0.464. The van der Waals surface area contributed by atoms with E-state index in [9.17, 15) is 14.7 Å². The van der Waals surface area contributed by atoms with Gasteiger partial charge in [-0.1, -0.05) is 5.92 Å². The molecule has 2 heterocycles. The first-order valence-electron chi connectivity index (χ1n) is 5.29. The van der Waals surface area contributed by atoms with E-state index in [-0.39, 0.29) is 58.0 Å². The Kier molecular flexibility index (Phi) is 5.52. The van der Waals surface area contributed by atoms with E-state index >= 15 is 0 Å². The maximum absolute atomic E-state index is 11.6. The van der Waals surface area contributed by atoms with Gasteiger partial charge in [0.05, 0.1) is 6.61 Å². The molecule has 0 aromatic carbocycles. The number of terminal acetylenes is 1. The number of nitrogens with one attached hydrogen (secondary N) is 1. The van der Waals surface area contributed by atoms with Crippen molar-refractivity contribution in [2.24, 2.45) is 0 Å². The molecular weight excluding hydrogens is 275 g/mol. The molecule has 1 aliphatic heterocycles. The molecule has 1 aromatic rings. The fourth-order valence-electron chi connectivity index (χ4n) is 1.67. The van der Waals surface area contributed by atoms with Crippen LogP contribution in [-0.4, -0.2) is 78.3 Å².